The Labute approximate surface area is 192 Å². The normalized spacial score (nSPS) is 20.2. The summed E-state index contributed by atoms with van der Waals surface area (Å²) in [6.45, 7) is 6.46. The molecule has 2 atom stereocenters. The molecule has 2 aromatic carbocycles. The van der Waals surface area contributed by atoms with E-state index in [9.17, 15) is 4.79 Å². The van der Waals surface area contributed by atoms with Gasteiger partial charge in [0.15, 0.2) is 0 Å². The first kappa shape index (κ1) is 20.8. The molecule has 0 spiro atoms. The zero-order valence-corrected chi connectivity index (χ0v) is 19.1. The van der Waals surface area contributed by atoms with Crippen molar-refractivity contribution in [3.63, 3.8) is 0 Å². The molecule has 6 nitrogen and oxygen atoms in total. The predicted octanol–water partition coefficient (Wildman–Crippen LogP) is 5.05. The van der Waals surface area contributed by atoms with Gasteiger partial charge in [-0.2, -0.15) is 0 Å². The zero-order valence-electron chi connectivity index (χ0n) is 18.3. The van der Waals surface area contributed by atoms with Crippen molar-refractivity contribution in [2.45, 2.75) is 45.8 Å². The second kappa shape index (κ2) is 8.11. The fourth-order valence-corrected chi connectivity index (χ4v) is 4.44. The monoisotopic (exact) mass is 448 g/mol. The van der Waals surface area contributed by atoms with Crippen LogP contribution in [-0.4, -0.2) is 26.8 Å². The van der Waals surface area contributed by atoms with Crippen LogP contribution in [0.15, 0.2) is 59.3 Å². The number of aryl methyl sites for hydroxylation is 3. The number of benzene rings is 2. The van der Waals surface area contributed by atoms with Crippen molar-refractivity contribution in [2.24, 2.45) is 0 Å². The fraction of sp³-hybridized carbons (Fsp3) is 0.280. The average molecular weight is 449 g/mol. The standard InChI is InChI=1S/C25H25ClN4O2/c1-15-7-8-18(11-16(15)2)21-13-23-25(31)29(9-10-30(23)28-21)14-22-17(3)32-24(27-22)19-5-4-6-20(26)12-19/h4-12,21,23,28H,13-14H2,1-3H3. The summed E-state index contributed by atoms with van der Waals surface area (Å²) in [5, 5.41) is 2.55. The Hall–Kier alpha value is -3.09. The summed E-state index contributed by atoms with van der Waals surface area (Å²) < 4.78 is 5.86. The van der Waals surface area contributed by atoms with Gasteiger partial charge in [-0.3, -0.25) is 4.79 Å². The molecular weight excluding hydrogens is 424 g/mol. The number of amides is 1. The molecule has 32 heavy (non-hydrogen) atoms. The summed E-state index contributed by atoms with van der Waals surface area (Å²) in [6, 6.07) is 13.7. The predicted molar refractivity (Wildman–Crippen MR) is 123 cm³/mol. The minimum absolute atomic E-state index is 0.0537. The third-order valence-electron chi connectivity index (χ3n) is 6.29. The highest BCUT2D eigenvalue weighted by molar-refractivity contribution is 6.30. The molecule has 2 aliphatic heterocycles. The Bertz CT molecular complexity index is 1220. The van der Waals surface area contributed by atoms with Crippen molar-refractivity contribution in [2.75, 3.05) is 0 Å². The minimum atomic E-state index is -0.244. The fourth-order valence-electron chi connectivity index (χ4n) is 4.25. The van der Waals surface area contributed by atoms with Crippen LogP contribution in [-0.2, 0) is 11.3 Å². The maximum Gasteiger partial charge on any atom is 0.251 e. The quantitative estimate of drug-likeness (QED) is 0.604. The number of oxazole rings is 1. The largest absolute Gasteiger partial charge is 0.441 e. The number of nitrogens with zero attached hydrogens (tertiary/aromatic N) is 3. The van der Waals surface area contributed by atoms with E-state index in [1.54, 1.807) is 4.90 Å². The number of aromatic nitrogens is 1. The van der Waals surface area contributed by atoms with E-state index in [0.29, 0.717) is 29.6 Å². The van der Waals surface area contributed by atoms with E-state index in [4.69, 9.17) is 16.0 Å². The number of hydrogen-bond donors (Lipinski definition) is 1. The lowest BCUT2D eigenvalue weighted by atomic mass is 9.97. The second-order valence-corrected chi connectivity index (χ2v) is 8.92. The third-order valence-corrected chi connectivity index (χ3v) is 6.53. The van der Waals surface area contributed by atoms with Gasteiger partial charge in [0.2, 0.25) is 5.89 Å². The number of nitrogens with one attached hydrogen (secondary N) is 1. The summed E-state index contributed by atoms with van der Waals surface area (Å²) in [5.41, 5.74) is 8.75. The van der Waals surface area contributed by atoms with Crippen LogP contribution in [0.25, 0.3) is 11.5 Å². The molecule has 3 heterocycles. The van der Waals surface area contributed by atoms with E-state index >= 15 is 0 Å². The Balaban J connectivity index is 1.32. The van der Waals surface area contributed by atoms with Crippen molar-refractivity contribution in [3.05, 3.63) is 88.0 Å². The number of hydrogen-bond acceptors (Lipinski definition) is 5. The van der Waals surface area contributed by atoms with Gasteiger partial charge in [-0.05, 0) is 62.1 Å². The highest BCUT2D eigenvalue weighted by Crippen LogP contribution is 2.32. The average Bonchev–Trinajstić information content (AvgIpc) is 3.36. The van der Waals surface area contributed by atoms with Crippen molar-refractivity contribution < 1.29 is 9.21 Å². The molecule has 1 N–H and O–H groups in total. The van der Waals surface area contributed by atoms with Crippen LogP contribution in [0.1, 0.15) is 40.6 Å². The summed E-state index contributed by atoms with van der Waals surface area (Å²) in [7, 11) is 0. The molecule has 5 rings (SSSR count). The molecule has 1 aromatic heterocycles. The van der Waals surface area contributed by atoms with E-state index in [1.807, 2.05) is 48.6 Å². The van der Waals surface area contributed by atoms with Gasteiger partial charge in [-0.15, -0.1) is 0 Å². The Morgan fingerprint density at radius 3 is 2.75 bits per heavy atom. The van der Waals surface area contributed by atoms with Gasteiger partial charge in [0.25, 0.3) is 5.91 Å². The van der Waals surface area contributed by atoms with Gasteiger partial charge < -0.3 is 14.3 Å². The molecule has 3 aromatic rings. The molecule has 2 aliphatic rings. The number of carbonyl (C=O) groups excluding carboxylic acids is 1. The molecule has 0 saturated carbocycles. The third kappa shape index (κ3) is 3.80. The highest BCUT2D eigenvalue weighted by Gasteiger charge is 2.40. The lowest BCUT2D eigenvalue weighted by molar-refractivity contribution is -0.135. The smallest absolute Gasteiger partial charge is 0.251 e. The molecule has 164 valence electrons. The topological polar surface area (TPSA) is 61.6 Å². The number of fused-ring (bicyclic) bond motifs is 1. The molecule has 2 unspecified atom stereocenters. The van der Waals surface area contributed by atoms with Crippen LogP contribution < -0.4 is 5.43 Å². The van der Waals surface area contributed by atoms with Gasteiger partial charge in [-0.25, -0.2) is 10.4 Å². The van der Waals surface area contributed by atoms with E-state index in [2.05, 4.69) is 42.5 Å². The van der Waals surface area contributed by atoms with Crippen LogP contribution in [0.3, 0.4) is 0 Å². The van der Waals surface area contributed by atoms with Gasteiger partial charge in [-0.1, -0.05) is 35.9 Å². The number of halogens is 1. The molecule has 1 saturated heterocycles. The molecule has 0 radical (unpaired) electrons. The van der Waals surface area contributed by atoms with Crippen molar-refractivity contribution >= 4 is 17.5 Å². The van der Waals surface area contributed by atoms with Crippen LogP contribution >= 0.6 is 11.6 Å². The Morgan fingerprint density at radius 1 is 1.12 bits per heavy atom. The van der Waals surface area contributed by atoms with Crippen molar-refractivity contribution in [3.8, 4) is 11.5 Å². The maximum absolute atomic E-state index is 13.3. The van der Waals surface area contributed by atoms with E-state index < -0.39 is 0 Å². The van der Waals surface area contributed by atoms with Crippen LogP contribution in [0.5, 0.6) is 0 Å². The van der Waals surface area contributed by atoms with Gasteiger partial charge in [0, 0.05) is 23.0 Å². The van der Waals surface area contributed by atoms with E-state index in [0.717, 1.165) is 11.3 Å². The summed E-state index contributed by atoms with van der Waals surface area (Å²) in [4.78, 5) is 19.6. The molecule has 7 heteroatoms. The Morgan fingerprint density at radius 2 is 1.97 bits per heavy atom. The summed E-state index contributed by atoms with van der Waals surface area (Å²) in [5.74, 6) is 1.26. The van der Waals surface area contributed by atoms with Crippen LogP contribution in [0.2, 0.25) is 5.02 Å². The van der Waals surface area contributed by atoms with Crippen LogP contribution in [0, 0.1) is 20.8 Å². The maximum atomic E-state index is 13.3. The lowest BCUT2D eigenvalue weighted by Crippen LogP contribution is -2.47. The first-order valence-corrected chi connectivity index (χ1v) is 11.1. The molecular formula is C25H25ClN4O2. The first-order valence-electron chi connectivity index (χ1n) is 10.7. The molecule has 0 bridgehead atoms. The minimum Gasteiger partial charge on any atom is -0.441 e. The molecule has 1 fully saturated rings. The zero-order chi connectivity index (χ0) is 22.4. The number of carbonyl (C=O) groups is 1. The van der Waals surface area contributed by atoms with E-state index in [1.165, 1.54) is 16.7 Å². The van der Waals surface area contributed by atoms with Gasteiger partial charge in [0.1, 0.15) is 17.5 Å². The highest BCUT2D eigenvalue weighted by atomic mass is 35.5. The van der Waals surface area contributed by atoms with Gasteiger partial charge in [0.05, 0.1) is 12.6 Å². The lowest BCUT2D eigenvalue weighted by Gasteiger charge is -2.31. The van der Waals surface area contributed by atoms with Gasteiger partial charge >= 0.3 is 0 Å². The molecule has 0 aliphatic carbocycles. The van der Waals surface area contributed by atoms with Crippen molar-refractivity contribution in [1.29, 1.82) is 0 Å². The first-order chi connectivity index (χ1) is 15.4. The van der Waals surface area contributed by atoms with E-state index in [-0.39, 0.29) is 18.0 Å². The SMILES string of the molecule is Cc1ccc(C2CC3C(=O)N(Cc4nc(-c5cccc(Cl)c5)oc4C)C=CN3N2)cc1C. The summed E-state index contributed by atoms with van der Waals surface area (Å²) >= 11 is 6.10. The van der Waals surface area contributed by atoms with Crippen molar-refractivity contribution in [1.82, 2.24) is 20.3 Å². The Kier molecular flexibility index (Phi) is 5.27. The molecule has 1 amide bonds. The summed E-state index contributed by atoms with van der Waals surface area (Å²) in [6.07, 6.45) is 4.45. The second-order valence-electron chi connectivity index (χ2n) is 8.48. The van der Waals surface area contributed by atoms with Crippen LogP contribution in [0.4, 0.5) is 0 Å². The number of rotatable bonds is 4. The number of hydrazine groups is 1.